The zero-order valence-electron chi connectivity index (χ0n) is 27.0. The number of carbonyl (C=O) groups is 1. The molecule has 0 aliphatic heterocycles. The number of hydrogen-bond acceptors (Lipinski definition) is 4. The number of nitrogens with zero attached hydrogens (tertiary/aromatic N) is 2. The van der Waals surface area contributed by atoms with Crippen molar-refractivity contribution < 1.29 is 30.0 Å². The normalized spacial score (nSPS) is 12.1. The molecule has 0 bridgehead atoms. The number of carbonyl (C=O) groups excluding carboxylic acids is 1. The molecular weight excluding hydrogens is 697 g/mol. The first kappa shape index (κ1) is 35.3. The van der Waals surface area contributed by atoms with Crippen LogP contribution < -0.4 is 0 Å². The van der Waals surface area contributed by atoms with Gasteiger partial charge in [0.2, 0.25) is 0 Å². The number of aliphatic hydroxyl groups excluding tert-OH is 1. The Labute approximate surface area is 266 Å². The molecule has 1 N–H and O–H groups in total. The van der Waals surface area contributed by atoms with Crippen molar-refractivity contribution in [1.82, 2.24) is 9.97 Å². The number of aliphatic hydroxyl groups is 1. The Kier molecular flexibility index (Phi) is 12.2. The molecule has 0 atom stereocenters. The van der Waals surface area contributed by atoms with E-state index >= 15 is 0 Å². The van der Waals surface area contributed by atoms with Gasteiger partial charge in [0.05, 0.1) is 0 Å². The number of hydrogen-bond donors (Lipinski definition) is 1. The van der Waals surface area contributed by atoms with Crippen LogP contribution in [0.25, 0.3) is 32.8 Å². The van der Waals surface area contributed by atoms with Gasteiger partial charge in [-0.2, -0.15) is 0 Å². The molecule has 5 heteroatoms. The van der Waals surface area contributed by atoms with Crippen LogP contribution in [0, 0.1) is 44.6 Å². The number of rotatable bonds is 8. The second-order valence-electron chi connectivity index (χ2n) is 11.9. The van der Waals surface area contributed by atoms with Crippen molar-refractivity contribution in [3.63, 3.8) is 0 Å². The first-order valence-corrected chi connectivity index (χ1v) is 14.9. The topological polar surface area (TPSA) is 63.1 Å². The van der Waals surface area contributed by atoms with E-state index in [2.05, 4.69) is 73.2 Å². The predicted molar refractivity (Wildman–Crippen MR) is 173 cm³/mol. The first-order chi connectivity index (χ1) is 19.3. The summed E-state index contributed by atoms with van der Waals surface area (Å²) in [5.41, 5.74) is 5.94. The molecule has 2 heterocycles. The van der Waals surface area contributed by atoms with Gasteiger partial charge in [0.25, 0.3) is 0 Å². The maximum atomic E-state index is 12.2. The van der Waals surface area contributed by atoms with Crippen molar-refractivity contribution in [1.29, 1.82) is 0 Å². The van der Waals surface area contributed by atoms with Gasteiger partial charge in [0.1, 0.15) is 5.76 Å². The molecule has 227 valence electrons. The largest absolute Gasteiger partial charge is 0.512 e. The Morgan fingerprint density at radius 3 is 2.00 bits per heavy atom. The number of pyridine rings is 2. The van der Waals surface area contributed by atoms with Gasteiger partial charge in [-0.25, -0.2) is 0 Å². The van der Waals surface area contributed by atoms with Crippen LogP contribution in [0.15, 0.2) is 54.4 Å². The van der Waals surface area contributed by atoms with E-state index < -0.39 is 0 Å². The van der Waals surface area contributed by atoms with Crippen LogP contribution in [0.5, 0.6) is 0 Å². The molecule has 2 aromatic carbocycles. The van der Waals surface area contributed by atoms with Gasteiger partial charge in [0, 0.05) is 60.0 Å². The summed E-state index contributed by atoms with van der Waals surface area (Å²) >= 11 is 0. The van der Waals surface area contributed by atoms with Crippen LogP contribution >= 0.6 is 0 Å². The average Bonchev–Trinajstić information content (AvgIpc) is 2.95. The van der Waals surface area contributed by atoms with Crippen molar-refractivity contribution in [2.45, 2.75) is 94.9 Å². The summed E-state index contributed by atoms with van der Waals surface area (Å²) in [7, 11) is 0. The van der Waals surface area contributed by atoms with Gasteiger partial charge in [-0.3, -0.25) is 9.78 Å². The van der Waals surface area contributed by atoms with E-state index in [1.54, 1.807) is 0 Å². The van der Waals surface area contributed by atoms with E-state index in [1.165, 1.54) is 27.8 Å². The van der Waals surface area contributed by atoms with Crippen molar-refractivity contribution >= 4 is 27.3 Å². The molecule has 4 nitrogen and oxygen atoms in total. The van der Waals surface area contributed by atoms with E-state index in [4.69, 9.17) is 0 Å². The minimum absolute atomic E-state index is 0. The van der Waals surface area contributed by atoms with Gasteiger partial charge in [-0.1, -0.05) is 67.5 Å². The Morgan fingerprint density at radius 2 is 1.43 bits per heavy atom. The van der Waals surface area contributed by atoms with Gasteiger partial charge in [-0.15, -0.1) is 34.9 Å². The van der Waals surface area contributed by atoms with Crippen molar-refractivity contribution in [2.24, 2.45) is 10.8 Å². The SMILES string of the molecule is CCC(C)(CC)C(=O)/C=C(\O)C(C)(CC)CC.Cc1[c-]c(-c2nccc3c2ccc2c(C)nc(C)cc23)cc(C)c1.[Ir]. The molecular formula is C37H47IrN2O2-. The van der Waals surface area contributed by atoms with Crippen LogP contribution in [-0.4, -0.2) is 20.9 Å². The van der Waals surface area contributed by atoms with Gasteiger partial charge in [0.15, 0.2) is 5.78 Å². The molecule has 42 heavy (non-hydrogen) atoms. The Hall–Kier alpha value is -2.88. The second-order valence-corrected chi connectivity index (χ2v) is 11.9. The maximum absolute atomic E-state index is 12.2. The number of fused-ring (bicyclic) bond motifs is 3. The number of aryl methyl sites for hydroxylation is 4. The van der Waals surface area contributed by atoms with E-state index in [0.717, 1.165) is 59.3 Å². The van der Waals surface area contributed by atoms with Crippen molar-refractivity contribution in [2.75, 3.05) is 0 Å². The van der Waals surface area contributed by atoms with E-state index in [1.807, 2.05) is 54.7 Å². The fourth-order valence-electron chi connectivity index (χ4n) is 5.24. The van der Waals surface area contributed by atoms with Crippen LogP contribution in [0.4, 0.5) is 0 Å². The van der Waals surface area contributed by atoms with E-state index in [0.29, 0.717) is 0 Å². The monoisotopic (exact) mass is 744 g/mol. The summed E-state index contributed by atoms with van der Waals surface area (Å²) in [5, 5.41) is 15.0. The standard InChI is InChI=1S/C22H19N2.C15H28O2.Ir/c1-13-9-14(2)11-17(10-13)22-20-6-5-18-16(4)24-15(3)12-21(18)19(20)7-8-23-22;1-7-14(5,8-2)12(16)11-13(17)15(6,9-3)10-4;/h5-10,12H,1-4H3;11,16H,7-10H2,1-6H3;/q-1;;/b;12-11-;. The summed E-state index contributed by atoms with van der Waals surface area (Å²) in [6.07, 6.45) is 6.65. The second kappa shape index (κ2) is 14.5. The van der Waals surface area contributed by atoms with Crippen LogP contribution in [-0.2, 0) is 24.9 Å². The summed E-state index contributed by atoms with van der Waals surface area (Å²) < 4.78 is 0. The van der Waals surface area contributed by atoms with Crippen LogP contribution in [0.1, 0.15) is 89.7 Å². The quantitative estimate of drug-likeness (QED) is 0.0845. The molecule has 4 aromatic rings. The fraction of sp³-hybridized carbons (Fsp3) is 0.432. The summed E-state index contributed by atoms with van der Waals surface area (Å²) in [4.78, 5) is 21.4. The summed E-state index contributed by atoms with van der Waals surface area (Å²) in [6.45, 7) is 20.4. The number of benzene rings is 2. The maximum Gasteiger partial charge on any atom is 0.164 e. The van der Waals surface area contributed by atoms with Gasteiger partial charge >= 0.3 is 0 Å². The third-order valence-corrected chi connectivity index (χ3v) is 9.08. The Balaban J connectivity index is 0.000000307. The number of allylic oxidation sites excluding steroid dienone is 2. The van der Waals surface area contributed by atoms with Gasteiger partial charge < -0.3 is 10.1 Å². The molecule has 1 radical (unpaired) electrons. The van der Waals surface area contributed by atoms with Crippen LogP contribution in [0.2, 0.25) is 0 Å². The molecule has 0 amide bonds. The summed E-state index contributed by atoms with van der Waals surface area (Å²) in [6, 6.07) is 16.3. The molecule has 0 spiro atoms. The smallest absolute Gasteiger partial charge is 0.164 e. The van der Waals surface area contributed by atoms with Crippen molar-refractivity contribution in [3.05, 3.63) is 83.0 Å². The molecule has 4 rings (SSSR count). The molecule has 0 aliphatic rings. The molecule has 0 saturated heterocycles. The molecule has 0 aliphatic carbocycles. The van der Waals surface area contributed by atoms with Crippen LogP contribution in [0.3, 0.4) is 0 Å². The Morgan fingerprint density at radius 1 is 0.833 bits per heavy atom. The zero-order chi connectivity index (χ0) is 30.5. The third-order valence-electron chi connectivity index (χ3n) is 9.08. The zero-order valence-corrected chi connectivity index (χ0v) is 29.4. The van der Waals surface area contributed by atoms with Gasteiger partial charge in [-0.05, 0) is 73.5 Å². The van der Waals surface area contributed by atoms with E-state index in [-0.39, 0.29) is 42.5 Å². The fourth-order valence-corrected chi connectivity index (χ4v) is 5.24. The van der Waals surface area contributed by atoms with Crippen molar-refractivity contribution in [3.8, 4) is 11.3 Å². The molecule has 0 unspecified atom stereocenters. The minimum atomic E-state index is -0.337. The third kappa shape index (κ3) is 7.54. The number of ketones is 1. The molecule has 0 fully saturated rings. The number of aromatic nitrogens is 2. The predicted octanol–water partition coefficient (Wildman–Crippen LogP) is 10.1. The summed E-state index contributed by atoms with van der Waals surface area (Å²) in [5.74, 6) is 0.286. The first-order valence-electron chi connectivity index (χ1n) is 14.9. The van der Waals surface area contributed by atoms with E-state index in [9.17, 15) is 9.90 Å². The Bertz CT molecular complexity index is 1560. The molecule has 0 saturated carbocycles. The molecule has 2 aromatic heterocycles. The average molecular weight is 744 g/mol. The minimum Gasteiger partial charge on any atom is -0.512 e.